The summed E-state index contributed by atoms with van der Waals surface area (Å²) in [4.78, 5) is 12.9. The van der Waals surface area contributed by atoms with E-state index in [2.05, 4.69) is 0 Å². The van der Waals surface area contributed by atoms with E-state index in [4.69, 9.17) is 9.47 Å². The van der Waals surface area contributed by atoms with Crippen molar-refractivity contribution in [3.63, 3.8) is 0 Å². The van der Waals surface area contributed by atoms with Gasteiger partial charge in [0, 0.05) is 0 Å². The van der Waals surface area contributed by atoms with Gasteiger partial charge in [-0.2, -0.15) is 0 Å². The van der Waals surface area contributed by atoms with Gasteiger partial charge < -0.3 is 9.47 Å². The molecule has 26 heavy (non-hydrogen) atoms. The standard InChI is InChI=1S/C22H21O3P/c1-3-26-22(23)20-19(24-17-10-6-4-7-11-17)15-14-16(2)21(20)25-18-12-8-5-9-13-18/h4-15,26H,3H2,1-2H3. The summed E-state index contributed by atoms with van der Waals surface area (Å²) in [6.07, 6.45) is 0.794. The SMILES string of the molecule is CCPC(=O)c1c(Oc2ccccc2)ccc(C)c1Oc1ccccc1. The van der Waals surface area contributed by atoms with Gasteiger partial charge in [-0.3, -0.25) is 4.79 Å². The fourth-order valence-electron chi connectivity index (χ4n) is 2.57. The highest BCUT2D eigenvalue weighted by Crippen LogP contribution is 2.40. The molecule has 3 rings (SSSR count). The van der Waals surface area contributed by atoms with Gasteiger partial charge in [0.1, 0.15) is 28.6 Å². The van der Waals surface area contributed by atoms with E-state index in [-0.39, 0.29) is 14.1 Å². The van der Waals surface area contributed by atoms with Crippen molar-refractivity contribution in [2.45, 2.75) is 13.8 Å². The molecule has 3 aromatic rings. The maximum atomic E-state index is 12.9. The number of carbonyl (C=O) groups excluding carboxylic acids is 1. The molecule has 0 aliphatic rings. The maximum absolute atomic E-state index is 12.9. The lowest BCUT2D eigenvalue weighted by molar-refractivity contribution is 0.108. The highest BCUT2D eigenvalue weighted by Gasteiger charge is 2.21. The molecule has 0 N–H and O–H groups in total. The van der Waals surface area contributed by atoms with Crippen molar-refractivity contribution in [3.8, 4) is 23.0 Å². The largest absolute Gasteiger partial charge is 0.456 e. The Morgan fingerprint density at radius 1 is 0.846 bits per heavy atom. The average molecular weight is 364 g/mol. The molecule has 0 amide bonds. The smallest absolute Gasteiger partial charge is 0.188 e. The number of ether oxygens (including phenoxy) is 2. The zero-order valence-electron chi connectivity index (χ0n) is 14.9. The van der Waals surface area contributed by atoms with Crippen LogP contribution in [0.5, 0.6) is 23.0 Å². The van der Waals surface area contributed by atoms with E-state index in [0.717, 1.165) is 11.7 Å². The van der Waals surface area contributed by atoms with Crippen molar-refractivity contribution in [1.82, 2.24) is 0 Å². The summed E-state index contributed by atoms with van der Waals surface area (Å²) in [7, 11) is 0.178. The van der Waals surface area contributed by atoms with E-state index in [1.165, 1.54) is 0 Å². The normalized spacial score (nSPS) is 10.8. The molecule has 1 unspecified atom stereocenters. The van der Waals surface area contributed by atoms with Gasteiger partial charge in [0.05, 0.1) is 0 Å². The van der Waals surface area contributed by atoms with Gasteiger partial charge in [-0.1, -0.05) is 49.4 Å². The van der Waals surface area contributed by atoms with Gasteiger partial charge in [-0.05, 0) is 57.6 Å². The van der Waals surface area contributed by atoms with Crippen LogP contribution in [0.15, 0.2) is 72.8 Å². The van der Waals surface area contributed by atoms with Crippen LogP contribution in [-0.2, 0) is 0 Å². The first-order valence-electron chi connectivity index (χ1n) is 8.56. The lowest BCUT2D eigenvalue weighted by atomic mass is 10.1. The van der Waals surface area contributed by atoms with Crippen molar-refractivity contribution in [2.24, 2.45) is 0 Å². The summed E-state index contributed by atoms with van der Waals surface area (Å²) >= 11 is 0. The van der Waals surface area contributed by atoms with Crippen molar-refractivity contribution in [3.05, 3.63) is 83.9 Å². The van der Waals surface area contributed by atoms with Crippen LogP contribution in [0, 0.1) is 6.92 Å². The molecule has 0 aliphatic heterocycles. The maximum Gasteiger partial charge on any atom is 0.188 e. The highest BCUT2D eigenvalue weighted by molar-refractivity contribution is 7.58. The van der Waals surface area contributed by atoms with Gasteiger partial charge in [-0.25, -0.2) is 0 Å². The Morgan fingerprint density at radius 2 is 1.42 bits per heavy atom. The van der Waals surface area contributed by atoms with Crippen LogP contribution >= 0.6 is 8.58 Å². The average Bonchev–Trinajstić information content (AvgIpc) is 2.66. The van der Waals surface area contributed by atoms with E-state index in [9.17, 15) is 4.79 Å². The zero-order chi connectivity index (χ0) is 18.4. The van der Waals surface area contributed by atoms with Crippen LogP contribution in [-0.4, -0.2) is 11.7 Å². The lowest BCUT2D eigenvalue weighted by Gasteiger charge is -2.17. The van der Waals surface area contributed by atoms with Crippen LogP contribution < -0.4 is 9.47 Å². The molecule has 0 saturated carbocycles. The Kier molecular flexibility index (Phi) is 6.04. The predicted octanol–water partition coefficient (Wildman–Crippen LogP) is 6.42. The second-order valence-electron chi connectivity index (χ2n) is 5.77. The van der Waals surface area contributed by atoms with Crippen LogP contribution in [0.2, 0.25) is 0 Å². The van der Waals surface area contributed by atoms with Gasteiger partial charge >= 0.3 is 0 Å². The third-order valence-electron chi connectivity index (χ3n) is 3.81. The first kappa shape index (κ1) is 18.2. The third-order valence-corrected chi connectivity index (χ3v) is 4.74. The summed E-state index contributed by atoms with van der Waals surface area (Å²) in [6, 6.07) is 22.7. The molecule has 0 radical (unpaired) electrons. The Labute approximate surface area is 155 Å². The molecule has 0 fully saturated rings. The minimum atomic E-state index is 0.0491. The number of para-hydroxylation sites is 2. The molecule has 132 valence electrons. The number of carbonyl (C=O) groups is 1. The molecule has 0 bridgehead atoms. The minimum Gasteiger partial charge on any atom is -0.456 e. The second-order valence-corrected chi connectivity index (χ2v) is 7.29. The fraction of sp³-hybridized carbons (Fsp3) is 0.136. The minimum absolute atomic E-state index is 0.0491. The quantitative estimate of drug-likeness (QED) is 0.454. The molecular formula is C22H21O3P. The number of hydrogen-bond acceptors (Lipinski definition) is 3. The van der Waals surface area contributed by atoms with Gasteiger partial charge in [0.2, 0.25) is 0 Å². The zero-order valence-corrected chi connectivity index (χ0v) is 15.9. The first-order valence-corrected chi connectivity index (χ1v) is 9.77. The van der Waals surface area contributed by atoms with Crippen molar-refractivity contribution in [2.75, 3.05) is 6.16 Å². The lowest BCUT2D eigenvalue weighted by Crippen LogP contribution is -2.02. The summed E-state index contributed by atoms with van der Waals surface area (Å²) in [5.74, 6) is 2.48. The molecule has 0 aromatic heterocycles. The number of hydrogen-bond donors (Lipinski definition) is 0. The van der Waals surface area contributed by atoms with E-state index in [0.29, 0.717) is 28.6 Å². The number of benzene rings is 3. The summed E-state index contributed by atoms with van der Waals surface area (Å²) in [5, 5.41) is 0. The Morgan fingerprint density at radius 3 is 2.00 bits per heavy atom. The van der Waals surface area contributed by atoms with E-state index < -0.39 is 0 Å². The number of rotatable bonds is 7. The second kappa shape index (κ2) is 8.64. The molecule has 0 saturated heterocycles. The van der Waals surface area contributed by atoms with Gasteiger partial charge in [-0.15, -0.1) is 0 Å². The molecule has 3 aromatic carbocycles. The van der Waals surface area contributed by atoms with Crippen molar-refractivity contribution < 1.29 is 14.3 Å². The molecular weight excluding hydrogens is 343 g/mol. The number of aryl methyl sites for hydroxylation is 1. The van der Waals surface area contributed by atoms with E-state index in [1.807, 2.05) is 86.6 Å². The van der Waals surface area contributed by atoms with E-state index in [1.54, 1.807) is 0 Å². The Hall–Kier alpha value is -2.64. The van der Waals surface area contributed by atoms with Crippen molar-refractivity contribution >= 4 is 14.1 Å². The molecule has 4 heteroatoms. The summed E-state index contributed by atoms with van der Waals surface area (Å²) < 4.78 is 12.1. The van der Waals surface area contributed by atoms with Crippen LogP contribution in [0.4, 0.5) is 0 Å². The van der Waals surface area contributed by atoms with E-state index >= 15 is 0 Å². The summed E-state index contributed by atoms with van der Waals surface area (Å²) in [5.41, 5.74) is 1.46. The Balaban J connectivity index is 2.06. The molecule has 0 heterocycles. The summed E-state index contributed by atoms with van der Waals surface area (Å²) in [6.45, 7) is 3.94. The van der Waals surface area contributed by atoms with Crippen LogP contribution in [0.3, 0.4) is 0 Å². The fourth-order valence-corrected chi connectivity index (χ4v) is 3.31. The predicted molar refractivity (Wildman–Crippen MR) is 107 cm³/mol. The topological polar surface area (TPSA) is 35.5 Å². The van der Waals surface area contributed by atoms with Crippen LogP contribution in [0.1, 0.15) is 22.8 Å². The monoisotopic (exact) mass is 364 g/mol. The molecule has 3 nitrogen and oxygen atoms in total. The highest BCUT2D eigenvalue weighted by atomic mass is 31.1. The molecule has 0 spiro atoms. The van der Waals surface area contributed by atoms with Crippen molar-refractivity contribution in [1.29, 1.82) is 0 Å². The Bertz CT molecular complexity index is 877. The van der Waals surface area contributed by atoms with Crippen LogP contribution in [0.25, 0.3) is 0 Å². The first-order chi connectivity index (χ1) is 12.7. The molecule has 0 aliphatic carbocycles. The van der Waals surface area contributed by atoms with Gasteiger partial charge in [0.25, 0.3) is 0 Å². The third kappa shape index (κ3) is 4.30. The van der Waals surface area contributed by atoms with Gasteiger partial charge in [0.15, 0.2) is 5.52 Å². The molecule has 1 atom stereocenters.